The number of aliphatic hydroxyl groups excluding tert-OH is 1. The Morgan fingerprint density at radius 3 is 2.25 bits per heavy atom. The van der Waals surface area contributed by atoms with Crippen molar-refractivity contribution >= 4 is 5.97 Å². The Morgan fingerprint density at radius 2 is 1.81 bits per heavy atom. The number of hydrogen-bond acceptors (Lipinski definition) is 3. The number of esters is 1. The highest BCUT2D eigenvalue weighted by molar-refractivity contribution is 5.71. The topological polar surface area (TPSA) is 46.5 Å². The lowest BCUT2D eigenvalue weighted by Gasteiger charge is -2.25. The van der Waals surface area contributed by atoms with Crippen LogP contribution < -0.4 is 0 Å². The van der Waals surface area contributed by atoms with Crippen molar-refractivity contribution in [3.05, 3.63) is 0 Å². The van der Waals surface area contributed by atoms with Crippen LogP contribution in [0.4, 0.5) is 0 Å². The Bertz CT molecular complexity index is 209. The zero-order valence-corrected chi connectivity index (χ0v) is 11.2. The summed E-state index contributed by atoms with van der Waals surface area (Å²) in [5.41, 5.74) is 0. The van der Waals surface area contributed by atoms with Crippen molar-refractivity contribution in [2.45, 2.75) is 32.8 Å². The zero-order valence-electron chi connectivity index (χ0n) is 11.2. The largest absolute Gasteiger partial charge is 0.465 e. The molecule has 0 spiro atoms. The second-order valence-electron chi connectivity index (χ2n) is 5.57. The third kappa shape index (κ3) is 8.68. The maximum absolute atomic E-state index is 11.1. The summed E-state index contributed by atoms with van der Waals surface area (Å²) < 4.78 is 5.84. The van der Waals surface area contributed by atoms with Gasteiger partial charge in [0.25, 0.3) is 0 Å². The Labute approximate surface area is 98.8 Å². The fourth-order valence-electron chi connectivity index (χ4n) is 1.14. The van der Waals surface area contributed by atoms with E-state index in [-0.39, 0.29) is 18.0 Å². The molecule has 0 aliphatic carbocycles. The SMILES string of the molecule is CC(C)C(=O)OCCC(O)CC[N+](C)(C)C. The number of carbonyl (C=O) groups is 1. The summed E-state index contributed by atoms with van der Waals surface area (Å²) in [6.45, 7) is 4.83. The van der Waals surface area contributed by atoms with Gasteiger partial charge in [-0.05, 0) is 0 Å². The van der Waals surface area contributed by atoms with E-state index in [1.807, 2.05) is 0 Å². The molecule has 0 radical (unpaired) electrons. The van der Waals surface area contributed by atoms with E-state index in [0.29, 0.717) is 13.0 Å². The van der Waals surface area contributed by atoms with Crippen molar-refractivity contribution in [2.75, 3.05) is 34.3 Å². The van der Waals surface area contributed by atoms with Gasteiger partial charge in [0.15, 0.2) is 0 Å². The van der Waals surface area contributed by atoms with E-state index in [4.69, 9.17) is 4.74 Å². The highest BCUT2D eigenvalue weighted by atomic mass is 16.5. The highest BCUT2D eigenvalue weighted by Crippen LogP contribution is 2.04. The first-order valence-electron chi connectivity index (χ1n) is 5.87. The van der Waals surface area contributed by atoms with Gasteiger partial charge in [-0.1, -0.05) is 13.8 Å². The van der Waals surface area contributed by atoms with E-state index < -0.39 is 0 Å². The van der Waals surface area contributed by atoms with Gasteiger partial charge in [0, 0.05) is 12.8 Å². The smallest absolute Gasteiger partial charge is 0.308 e. The van der Waals surface area contributed by atoms with Crippen molar-refractivity contribution in [3.8, 4) is 0 Å². The van der Waals surface area contributed by atoms with Crippen LogP contribution in [-0.2, 0) is 9.53 Å². The number of ether oxygens (including phenoxy) is 1. The Balaban J connectivity index is 3.59. The van der Waals surface area contributed by atoms with Gasteiger partial charge < -0.3 is 14.3 Å². The molecule has 0 aliphatic heterocycles. The van der Waals surface area contributed by atoms with E-state index in [9.17, 15) is 9.90 Å². The molecule has 4 heteroatoms. The number of nitrogens with zero attached hydrogens (tertiary/aromatic N) is 1. The van der Waals surface area contributed by atoms with Crippen LogP contribution in [0.5, 0.6) is 0 Å². The second kappa shape index (κ2) is 6.86. The average Bonchev–Trinajstić information content (AvgIpc) is 2.13. The van der Waals surface area contributed by atoms with Gasteiger partial charge in [-0.2, -0.15) is 0 Å². The third-order valence-corrected chi connectivity index (χ3v) is 2.30. The molecular formula is C12H26NO3+. The molecule has 1 atom stereocenters. The van der Waals surface area contributed by atoms with Gasteiger partial charge in [-0.25, -0.2) is 0 Å². The van der Waals surface area contributed by atoms with Crippen LogP contribution in [0.1, 0.15) is 26.7 Å². The van der Waals surface area contributed by atoms with E-state index in [2.05, 4.69) is 21.1 Å². The molecule has 0 aromatic rings. The van der Waals surface area contributed by atoms with Gasteiger partial charge in [-0.15, -0.1) is 0 Å². The molecule has 4 nitrogen and oxygen atoms in total. The number of carbonyl (C=O) groups excluding carboxylic acids is 1. The molecule has 0 bridgehead atoms. The van der Waals surface area contributed by atoms with Crippen LogP contribution in [0, 0.1) is 5.92 Å². The molecule has 0 aliphatic rings. The molecule has 96 valence electrons. The van der Waals surface area contributed by atoms with Crippen LogP contribution in [0.15, 0.2) is 0 Å². The molecule has 0 rings (SSSR count). The van der Waals surface area contributed by atoms with E-state index >= 15 is 0 Å². The molecule has 16 heavy (non-hydrogen) atoms. The van der Waals surface area contributed by atoms with Gasteiger partial charge in [0.2, 0.25) is 0 Å². The lowest BCUT2D eigenvalue weighted by atomic mass is 10.2. The van der Waals surface area contributed by atoms with Crippen molar-refractivity contribution in [1.29, 1.82) is 0 Å². The van der Waals surface area contributed by atoms with Crippen molar-refractivity contribution in [1.82, 2.24) is 0 Å². The van der Waals surface area contributed by atoms with Crippen molar-refractivity contribution in [2.24, 2.45) is 5.92 Å². The summed E-state index contributed by atoms with van der Waals surface area (Å²) in [6.07, 6.45) is 0.888. The second-order valence-corrected chi connectivity index (χ2v) is 5.57. The maximum Gasteiger partial charge on any atom is 0.308 e. The van der Waals surface area contributed by atoms with E-state index in [0.717, 1.165) is 17.4 Å². The highest BCUT2D eigenvalue weighted by Gasteiger charge is 2.13. The van der Waals surface area contributed by atoms with Gasteiger partial charge in [0.1, 0.15) is 0 Å². The normalized spacial score (nSPS) is 13.9. The summed E-state index contributed by atoms with van der Waals surface area (Å²) in [5, 5.41) is 9.66. The first-order valence-corrected chi connectivity index (χ1v) is 5.87. The molecule has 0 fully saturated rings. The van der Waals surface area contributed by atoms with E-state index in [1.54, 1.807) is 13.8 Å². The number of hydrogen-bond donors (Lipinski definition) is 1. The number of aliphatic hydroxyl groups is 1. The van der Waals surface area contributed by atoms with Crippen LogP contribution >= 0.6 is 0 Å². The zero-order chi connectivity index (χ0) is 12.8. The maximum atomic E-state index is 11.1. The lowest BCUT2D eigenvalue weighted by Crippen LogP contribution is -2.37. The third-order valence-electron chi connectivity index (χ3n) is 2.30. The van der Waals surface area contributed by atoms with Crippen molar-refractivity contribution < 1.29 is 19.1 Å². The fraction of sp³-hybridized carbons (Fsp3) is 0.917. The minimum absolute atomic E-state index is 0.0941. The lowest BCUT2D eigenvalue weighted by molar-refractivity contribution is -0.870. The summed E-state index contributed by atoms with van der Waals surface area (Å²) in [4.78, 5) is 11.1. The summed E-state index contributed by atoms with van der Waals surface area (Å²) >= 11 is 0. The van der Waals surface area contributed by atoms with Crippen LogP contribution in [0.3, 0.4) is 0 Å². The molecule has 0 saturated heterocycles. The molecule has 0 heterocycles. The first kappa shape index (κ1) is 15.4. The predicted molar refractivity (Wildman–Crippen MR) is 63.9 cm³/mol. The average molecular weight is 232 g/mol. The van der Waals surface area contributed by atoms with Gasteiger partial charge in [-0.3, -0.25) is 4.79 Å². The molecule has 0 aromatic heterocycles. The van der Waals surface area contributed by atoms with Gasteiger partial charge in [0.05, 0.1) is 46.3 Å². The van der Waals surface area contributed by atoms with Crippen LogP contribution in [0.25, 0.3) is 0 Å². The molecule has 0 saturated carbocycles. The van der Waals surface area contributed by atoms with Crippen LogP contribution in [0.2, 0.25) is 0 Å². The van der Waals surface area contributed by atoms with Crippen LogP contribution in [-0.4, -0.2) is 56.0 Å². The minimum Gasteiger partial charge on any atom is -0.465 e. The fourth-order valence-corrected chi connectivity index (χ4v) is 1.14. The monoisotopic (exact) mass is 232 g/mol. The Morgan fingerprint density at radius 1 is 1.25 bits per heavy atom. The standard InChI is InChI=1S/C12H26NO3/c1-10(2)12(15)16-9-7-11(14)6-8-13(3,4)5/h10-11,14H,6-9H2,1-5H3/q+1. The van der Waals surface area contributed by atoms with E-state index in [1.165, 1.54) is 0 Å². The Kier molecular flexibility index (Phi) is 6.60. The first-order chi connectivity index (χ1) is 7.22. The van der Waals surface area contributed by atoms with Crippen molar-refractivity contribution in [3.63, 3.8) is 0 Å². The van der Waals surface area contributed by atoms with Gasteiger partial charge >= 0.3 is 5.97 Å². The summed E-state index contributed by atoms with van der Waals surface area (Å²) in [6, 6.07) is 0. The molecule has 1 unspecified atom stereocenters. The number of quaternary nitrogens is 1. The molecule has 1 N–H and O–H groups in total. The Hall–Kier alpha value is -0.610. The molecular weight excluding hydrogens is 206 g/mol. The molecule has 0 amide bonds. The quantitative estimate of drug-likeness (QED) is 0.527. The number of rotatable bonds is 7. The summed E-state index contributed by atoms with van der Waals surface area (Å²) in [5.74, 6) is -0.290. The summed E-state index contributed by atoms with van der Waals surface area (Å²) in [7, 11) is 6.27. The minimum atomic E-state index is -0.377. The predicted octanol–water partition coefficient (Wildman–Crippen LogP) is 1.03. The molecule has 0 aromatic carbocycles.